The Morgan fingerprint density at radius 1 is 1.26 bits per heavy atom. The fraction of sp³-hybridized carbons (Fsp3) is 0.154. The first kappa shape index (κ1) is 12.5. The lowest BCUT2D eigenvalue weighted by Crippen LogP contribution is -2.19. The molecule has 0 saturated heterocycles. The van der Waals surface area contributed by atoms with E-state index in [4.69, 9.17) is 27.9 Å². The SMILES string of the molecule is Fc1ccc(Cl)cc1-c1cc(Cl)c2c(n1)NCCO2. The lowest BCUT2D eigenvalue weighted by Gasteiger charge is -2.20. The topological polar surface area (TPSA) is 34.2 Å². The first-order chi connectivity index (χ1) is 9.15. The zero-order valence-corrected chi connectivity index (χ0v) is 11.2. The summed E-state index contributed by atoms with van der Waals surface area (Å²) in [5.41, 5.74) is 0.728. The van der Waals surface area contributed by atoms with Crippen LogP contribution in [0.15, 0.2) is 24.3 Å². The molecule has 0 atom stereocenters. The summed E-state index contributed by atoms with van der Waals surface area (Å²) in [5, 5.41) is 3.91. The minimum Gasteiger partial charge on any atom is -0.486 e. The molecule has 1 aliphatic heterocycles. The molecule has 6 heteroatoms. The van der Waals surface area contributed by atoms with E-state index in [9.17, 15) is 4.39 Å². The van der Waals surface area contributed by atoms with Crippen molar-refractivity contribution in [3.05, 3.63) is 40.1 Å². The second-order valence-corrected chi connectivity index (χ2v) is 4.91. The lowest BCUT2D eigenvalue weighted by molar-refractivity contribution is 0.321. The lowest BCUT2D eigenvalue weighted by atomic mass is 10.1. The number of benzene rings is 1. The summed E-state index contributed by atoms with van der Waals surface area (Å²) in [4.78, 5) is 4.33. The van der Waals surface area contributed by atoms with E-state index in [2.05, 4.69) is 10.3 Å². The molecule has 0 saturated carbocycles. The van der Waals surface area contributed by atoms with Crippen molar-refractivity contribution in [3.8, 4) is 17.0 Å². The van der Waals surface area contributed by atoms with Crippen molar-refractivity contribution in [1.82, 2.24) is 4.98 Å². The number of pyridine rings is 1. The van der Waals surface area contributed by atoms with Crippen molar-refractivity contribution in [2.75, 3.05) is 18.5 Å². The number of ether oxygens (including phenoxy) is 1. The maximum atomic E-state index is 13.8. The Kier molecular flexibility index (Phi) is 3.21. The van der Waals surface area contributed by atoms with Crippen molar-refractivity contribution in [2.24, 2.45) is 0 Å². The molecule has 19 heavy (non-hydrogen) atoms. The van der Waals surface area contributed by atoms with Crippen LogP contribution < -0.4 is 10.1 Å². The number of hydrogen-bond acceptors (Lipinski definition) is 3. The van der Waals surface area contributed by atoms with Gasteiger partial charge in [-0.2, -0.15) is 0 Å². The fourth-order valence-electron chi connectivity index (χ4n) is 1.91. The van der Waals surface area contributed by atoms with Gasteiger partial charge in [0.05, 0.1) is 17.3 Å². The van der Waals surface area contributed by atoms with Gasteiger partial charge in [-0.05, 0) is 24.3 Å². The molecule has 3 rings (SSSR count). The van der Waals surface area contributed by atoms with Gasteiger partial charge < -0.3 is 10.1 Å². The van der Waals surface area contributed by atoms with Gasteiger partial charge in [0, 0.05) is 10.6 Å². The van der Waals surface area contributed by atoms with Crippen LogP contribution in [0.3, 0.4) is 0 Å². The molecule has 0 aliphatic carbocycles. The molecule has 1 aliphatic rings. The van der Waals surface area contributed by atoms with Gasteiger partial charge in [-0.1, -0.05) is 23.2 Å². The quantitative estimate of drug-likeness (QED) is 0.864. The second-order valence-electron chi connectivity index (χ2n) is 4.07. The monoisotopic (exact) mass is 298 g/mol. The highest BCUT2D eigenvalue weighted by Gasteiger charge is 2.18. The van der Waals surface area contributed by atoms with E-state index < -0.39 is 5.82 Å². The highest BCUT2D eigenvalue weighted by Crippen LogP contribution is 2.37. The van der Waals surface area contributed by atoms with Gasteiger partial charge in [-0.3, -0.25) is 0 Å². The van der Waals surface area contributed by atoms with E-state index in [1.54, 1.807) is 6.07 Å². The van der Waals surface area contributed by atoms with Crippen molar-refractivity contribution in [2.45, 2.75) is 0 Å². The molecule has 1 N–H and O–H groups in total. The Balaban J connectivity index is 2.15. The van der Waals surface area contributed by atoms with Crippen LogP contribution in [0.1, 0.15) is 0 Å². The van der Waals surface area contributed by atoms with Gasteiger partial charge in [-0.25, -0.2) is 9.37 Å². The summed E-state index contributed by atoms with van der Waals surface area (Å²) < 4.78 is 19.2. The van der Waals surface area contributed by atoms with Gasteiger partial charge in [0.15, 0.2) is 11.6 Å². The maximum Gasteiger partial charge on any atom is 0.180 e. The van der Waals surface area contributed by atoms with Crippen LogP contribution in [0.4, 0.5) is 10.2 Å². The molecular weight excluding hydrogens is 290 g/mol. The average Bonchev–Trinajstić information content (AvgIpc) is 2.41. The molecule has 1 aromatic carbocycles. The molecule has 0 spiro atoms. The Hall–Kier alpha value is -1.52. The molecule has 2 heterocycles. The van der Waals surface area contributed by atoms with E-state index in [0.29, 0.717) is 46.0 Å². The summed E-state index contributed by atoms with van der Waals surface area (Å²) in [7, 11) is 0. The summed E-state index contributed by atoms with van der Waals surface area (Å²) in [5.74, 6) is 0.622. The van der Waals surface area contributed by atoms with Crippen LogP contribution >= 0.6 is 23.2 Å². The van der Waals surface area contributed by atoms with E-state index in [0.717, 1.165) is 0 Å². The Morgan fingerprint density at radius 2 is 2.11 bits per heavy atom. The Labute approximate surface area is 119 Å². The summed E-state index contributed by atoms with van der Waals surface area (Å²) >= 11 is 12.0. The second kappa shape index (κ2) is 4.87. The van der Waals surface area contributed by atoms with Gasteiger partial charge in [0.2, 0.25) is 0 Å². The first-order valence-electron chi connectivity index (χ1n) is 5.68. The number of aromatic nitrogens is 1. The average molecular weight is 299 g/mol. The molecule has 0 amide bonds. The van der Waals surface area contributed by atoms with Gasteiger partial charge >= 0.3 is 0 Å². The van der Waals surface area contributed by atoms with Crippen LogP contribution in [0.5, 0.6) is 5.75 Å². The minimum absolute atomic E-state index is 0.310. The van der Waals surface area contributed by atoms with E-state index in [-0.39, 0.29) is 0 Å². The molecular formula is C13H9Cl2FN2O. The van der Waals surface area contributed by atoms with Crippen molar-refractivity contribution in [1.29, 1.82) is 0 Å². The summed E-state index contributed by atoms with van der Waals surface area (Å²) in [6.45, 7) is 1.16. The number of hydrogen-bond donors (Lipinski definition) is 1. The standard InChI is InChI=1S/C13H9Cl2FN2O/c14-7-1-2-10(16)8(5-7)11-6-9(15)12-13(18-11)17-3-4-19-12/h1-2,5-6H,3-4H2,(H,17,18). The summed E-state index contributed by atoms with van der Waals surface area (Å²) in [6.07, 6.45) is 0. The highest BCUT2D eigenvalue weighted by atomic mass is 35.5. The van der Waals surface area contributed by atoms with E-state index >= 15 is 0 Å². The minimum atomic E-state index is -0.398. The van der Waals surface area contributed by atoms with Crippen LogP contribution in [-0.4, -0.2) is 18.1 Å². The smallest absolute Gasteiger partial charge is 0.180 e. The Bertz CT molecular complexity index is 649. The van der Waals surface area contributed by atoms with Crippen LogP contribution in [-0.2, 0) is 0 Å². The maximum absolute atomic E-state index is 13.8. The van der Waals surface area contributed by atoms with Gasteiger partial charge in [-0.15, -0.1) is 0 Å². The van der Waals surface area contributed by atoms with Crippen LogP contribution in [0.2, 0.25) is 10.0 Å². The Morgan fingerprint density at radius 3 is 2.95 bits per heavy atom. The van der Waals surface area contributed by atoms with Gasteiger partial charge in [0.25, 0.3) is 0 Å². The third-order valence-electron chi connectivity index (χ3n) is 2.77. The summed E-state index contributed by atoms with van der Waals surface area (Å²) in [6, 6.07) is 5.88. The molecule has 98 valence electrons. The molecule has 0 unspecified atom stereocenters. The molecule has 1 aromatic heterocycles. The zero-order valence-electron chi connectivity index (χ0n) is 9.71. The highest BCUT2D eigenvalue weighted by molar-refractivity contribution is 6.33. The van der Waals surface area contributed by atoms with Crippen molar-refractivity contribution < 1.29 is 9.13 Å². The third-order valence-corrected chi connectivity index (χ3v) is 3.29. The first-order valence-corrected chi connectivity index (χ1v) is 6.43. The zero-order chi connectivity index (χ0) is 13.4. The number of fused-ring (bicyclic) bond motifs is 1. The third kappa shape index (κ3) is 2.33. The molecule has 3 nitrogen and oxygen atoms in total. The molecule has 2 aromatic rings. The predicted molar refractivity (Wildman–Crippen MR) is 73.6 cm³/mol. The molecule has 0 radical (unpaired) electrons. The van der Waals surface area contributed by atoms with E-state index in [1.807, 2.05) is 0 Å². The number of nitrogens with zero attached hydrogens (tertiary/aromatic N) is 1. The number of rotatable bonds is 1. The molecule has 0 fully saturated rings. The van der Waals surface area contributed by atoms with Crippen LogP contribution in [0.25, 0.3) is 11.3 Å². The largest absolute Gasteiger partial charge is 0.486 e. The molecule has 0 bridgehead atoms. The van der Waals surface area contributed by atoms with Crippen molar-refractivity contribution in [3.63, 3.8) is 0 Å². The van der Waals surface area contributed by atoms with Gasteiger partial charge in [0.1, 0.15) is 12.4 Å². The number of anilines is 1. The van der Waals surface area contributed by atoms with Crippen molar-refractivity contribution >= 4 is 29.0 Å². The number of halogens is 3. The van der Waals surface area contributed by atoms with Crippen LogP contribution in [0, 0.1) is 5.82 Å². The predicted octanol–water partition coefficient (Wildman–Crippen LogP) is 4.00. The van der Waals surface area contributed by atoms with E-state index in [1.165, 1.54) is 18.2 Å². The number of nitrogens with one attached hydrogen (secondary N) is 1. The normalized spacial score (nSPS) is 13.4. The fourth-order valence-corrected chi connectivity index (χ4v) is 2.33.